The van der Waals surface area contributed by atoms with Gasteiger partial charge in [0.05, 0.1) is 13.1 Å². The van der Waals surface area contributed by atoms with Crippen LogP contribution in [0.25, 0.3) is 0 Å². The van der Waals surface area contributed by atoms with E-state index >= 15 is 0 Å². The second-order valence-corrected chi connectivity index (χ2v) is 14.6. The predicted molar refractivity (Wildman–Crippen MR) is 191 cm³/mol. The molecule has 2 rings (SSSR count). The highest BCUT2D eigenvalue weighted by atomic mass is 16.6. The molecular formula is C37H53N5O9. The zero-order valence-corrected chi connectivity index (χ0v) is 30.8. The Kier molecular flexibility index (Phi) is 15.9. The molecule has 0 saturated heterocycles. The van der Waals surface area contributed by atoms with Gasteiger partial charge in [-0.3, -0.25) is 19.2 Å². The van der Waals surface area contributed by atoms with Crippen LogP contribution in [0, 0.1) is 5.92 Å². The number of rotatable bonds is 17. The van der Waals surface area contributed by atoms with E-state index in [1.807, 2.05) is 34.6 Å². The average Bonchev–Trinajstić information content (AvgIpc) is 3.01. The van der Waals surface area contributed by atoms with Crippen molar-refractivity contribution in [3.63, 3.8) is 0 Å². The Morgan fingerprint density at radius 1 is 0.647 bits per heavy atom. The summed E-state index contributed by atoms with van der Waals surface area (Å²) in [6.45, 7) is 13.4. The van der Waals surface area contributed by atoms with Crippen molar-refractivity contribution in [1.82, 2.24) is 26.6 Å². The van der Waals surface area contributed by atoms with E-state index in [1.54, 1.807) is 75.4 Å². The van der Waals surface area contributed by atoms with Crippen molar-refractivity contribution in [3.05, 3.63) is 65.7 Å². The quantitative estimate of drug-likeness (QED) is 0.143. The molecule has 0 radical (unpaired) electrons. The fraction of sp³-hybridized carbons (Fsp3) is 0.514. The molecule has 51 heavy (non-hydrogen) atoms. The lowest BCUT2D eigenvalue weighted by molar-refractivity contribution is -0.142. The van der Waals surface area contributed by atoms with Crippen molar-refractivity contribution in [2.75, 3.05) is 13.1 Å². The Labute approximate surface area is 299 Å². The molecule has 0 spiro atoms. The van der Waals surface area contributed by atoms with Crippen LogP contribution in [0.3, 0.4) is 0 Å². The number of hydrogen-bond donors (Lipinski definition) is 6. The number of nitrogens with one attached hydrogen (secondary N) is 5. The molecule has 14 heteroatoms. The molecule has 5 amide bonds. The maximum atomic E-state index is 13.2. The minimum Gasteiger partial charge on any atom is -0.488 e. The molecule has 0 aliphatic rings. The SMILES string of the molecule is CC(C)C[C@H](NC(=O)[C@H](Cc1ccccc1)NC(=O)CNC(=O)CNC(=O)[C@H](Cc1ccc(OC(C)(C)C)cc1)NC(=O)OC(C)(C)C)C(=O)O. The van der Waals surface area contributed by atoms with Crippen molar-refractivity contribution in [2.24, 2.45) is 5.92 Å². The minimum absolute atomic E-state index is 0.00678. The maximum Gasteiger partial charge on any atom is 0.408 e. The van der Waals surface area contributed by atoms with Crippen LogP contribution in [0.2, 0.25) is 0 Å². The summed E-state index contributed by atoms with van der Waals surface area (Å²) in [4.78, 5) is 76.2. The third-order valence-corrected chi connectivity index (χ3v) is 6.92. The van der Waals surface area contributed by atoms with Crippen LogP contribution in [-0.4, -0.2) is 83.2 Å². The molecule has 280 valence electrons. The molecule has 0 saturated carbocycles. The number of aliphatic carboxylic acids is 1. The largest absolute Gasteiger partial charge is 0.488 e. The monoisotopic (exact) mass is 711 g/mol. The third-order valence-electron chi connectivity index (χ3n) is 6.92. The lowest BCUT2D eigenvalue weighted by atomic mass is 10.0. The minimum atomic E-state index is -1.19. The third kappa shape index (κ3) is 17.4. The molecule has 0 aliphatic heterocycles. The first-order valence-electron chi connectivity index (χ1n) is 16.9. The Morgan fingerprint density at radius 3 is 1.73 bits per heavy atom. The van der Waals surface area contributed by atoms with Crippen molar-refractivity contribution in [3.8, 4) is 5.75 Å². The fourth-order valence-corrected chi connectivity index (χ4v) is 4.74. The van der Waals surface area contributed by atoms with Crippen molar-refractivity contribution < 1.29 is 43.3 Å². The number of amides is 5. The number of benzene rings is 2. The van der Waals surface area contributed by atoms with E-state index in [0.717, 1.165) is 5.56 Å². The van der Waals surface area contributed by atoms with E-state index in [4.69, 9.17) is 9.47 Å². The highest BCUT2D eigenvalue weighted by Crippen LogP contribution is 2.19. The van der Waals surface area contributed by atoms with Gasteiger partial charge >= 0.3 is 12.1 Å². The van der Waals surface area contributed by atoms with Gasteiger partial charge in [0, 0.05) is 12.8 Å². The molecule has 0 heterocycles. The van der Waals surface area contributed by atoms with Gasteiger partial charge in [0.15, 0.2) is 0 Å². The number of carbonyl (C=O) groups excluding carboxylic acids is 5. The van der Waals surface area contributed by atoms with Gasteiger partial charge < -0.3 is 41.2 Å². The first-order chi connectivity index (χ1) is 23.7. The van der Waals surface area contributed by atoms with Gasteiger partial charge in [-0.15, -0.1) is 0 Å². The van der Waals surface area contributed by atoms with Crippen LogP contribution in [-0.2, 0) is 41.6 Å². The highest BCUT2D eigenvalue weighted by Gasteiger charge is 2.28. The van der Waals surface area contributed by atoms with E-state index in [-0.39, 0.29) is 25.2 Å². The first kappa shape index (κ1) is 42.0. The van der Waals surface area contributed by atoms with Crippen LogP contribution in [0.1, 0.15) is 72.9 Å². The molecule has 14 nitrogen and oxygen atoms in total. The number of carboxylic acid groups (broad SMARTS) is 1. The molecule has 6 N–H and O–H groups in total. The Hall–Kier alpha value is -5.14. The zero-order valence-electron chi connectivity index (χ0n) is 30.8. The molecule has 0 bridgehead atoms. The summed E-state index contributed by atoms with van der Waals surface area (Å²) in [5.41, 5.74) is 0.219. The average molecular weight is 712 g/mol. The number of carbonyl (C=O) groups is 6. The lowest BCUT2D eigenvalue weighted by Crippen LogP contribution is -2.54. The molecule has 2 aromatic rings. The summed E-state index contributed by atoms with van der Waals surface area (Å²) < 4.78 is 11.2. The number of carboxylic acids is 1. The summed E-state index contributed by atoms with van der Waals surface area (Å²) in [5, 5.41) is 22.1. The summed E-state index contributed by atoms with van der Waals surface area (Å²) >= 11 is 0. The first-order valence-corrected chi connectivity index (χ1v) is 16.9. The maximum absolute atomic E-state index is 13.2. The van der Waals surface area contributed by atoms with E-state index in [2.05, 4.69) is 26.6 Å². The van der Waals surface area contributed by atoms with Crippen LogP contribution in [0.4, 0.5) is 4.79 Å². The summed E-state index contributed by atoms with van der Waals surface area (Å²) in [6.07, 6.45) is -0.462. The molecule has 0 unspecified atom stereocenters. The van der Waals surface area contributed by atoms with Gasteiger partial charge in [-0.05, 0) is 77.1 Å². The summed E-state index contributed by atoms with van der Waals surface area (Å²) in [6, 6.07) is 12.5. The van der Waals surface area contributed by atoms with Crippen molar-refractivity contribution in [1.29, 1.82) is 0 Å². The molecular weight excluding hydrogens is 658 g/mol. The molecule has 3 atom stereocenters. The fourth-order valence-electron chi connectivity index (χ4n) is 4.74. The smallest absolute Gasteiger partial charge is 0.408 e. The number of ether oxygens (including phenoxy) is 2. The summed E-state index contributed by atoms with van der Waals surface area (Å²) in [5.74, 6) is -3.31. The van der Waals surface area contributed by atoms with Gasteiger partial charge in [0.2, 0.25) is 23.6 Å². The van der Waals surface area contributed by atoms with E-state index in [0.29, 0.717) is 11.3 Å². The predicted octanol–water partition coefficient (Wildman–Crippen LogP) is 2.88. The Morgan fingerprint density at radius 2 is 1.20 bits per heavy atom. The molecule has 0 aromatic heterocycles. The zero-order chi connectivity index (χ0) is 38.4. The van der Waals surface area contributed by atoms with Crippen LogP contribution < -0.4 is 31.3 Å². The van der Waals surface area contributed by atoms with Crippen LogP contribution in [0.5, 0.6) is 5.75 Å². The van der Waals surface area contributed by atoms with Gasteiger partial charge in [-0.25, -0.2) is 9.59 Å². The van der Waals surface area contributed by atoms with E-state index < -0.39 is 78.1 Å². The Bertz CT molecular complexity index is 1480. The molecule has 2 aromatic carbocycles. The van der Waals surface area contributed by atoms with Gasteiger partial charge in [0.25, 0.3) is 0 Å². The van der Waals surface area contributed by atoms with Crippen LogP contribution >= 0.6 is 0 Å². The second kappa shape index (κ2) is 19.3. The standard InChI is InChI=1S/C37H53N5O9/c1-23(2)18-29(34(47)48)41-33(46)28(19-24-12-10-9-11-13-24)40-31(44)22-38-30(43)21-39-32(45)27(42-35(49)51-37(6,7)8)20-25-14-16-26(17-15-25)50-36(3,4)5/h9-17,23,27-29H,18-22H2,1-8H3,(H,38,43)(H,39,45)(H,40,44)(H,41,46)(H,42,49)(H,47,48)/t27-,28-,29-/m0/s1. The topological polar surface area (TPSA) is 201 Å². The number of alkyl carbamates (subject to hydrolysis) is 1. The summed E-state index contributed by atoms with van der Waals surface area (Å²) in [7, 11) is 0. The van der Waals surface area contributed by atoms with E-state index in [9.17, 15) is 33.9 Å². The van der Waals surface area contributed by atoms with Gasteiger partial charge in [-0.1, -0.05) is 56.3 Å². The van der Waals surface area contributed by atoms with Gasteiger partial charge in [0.1, 0.15) is 35.1 Å². The Balaban J connectivity index is 2.04. The van der Waals surface area contributed by atoms with Crippen LogP contribution in [0.15, 0.2) is 54.6 Å². The highest BCUT2D eigenvalue weighted by molar-refractivity contribution is 5.93. The molecule has 0 fully saturated rings. The normalized spacial score (nSPS) is 13.2. The second-order valence-electron chi connectivity index (χ2n) is 14.6. The number of hydrogen-bond acceptors (Lipinski definition) is 8. The molecule has 0 aliphatic carbocycles. The lowest BCUT2D eigenvalue weighted by Gasteiger charge is -2.24. The van der Waals surface area contributed by atoms with Gasteiger partial charge in [-0.2, -0.15) is 0 Å². The van der Waals surface area contributed by atoms with E-state index in [1.165, 1.54) is 0 Å². The van der Waals surface area contributed by atoms with Crippen molar-refractivity contribution >= 4 is 35.7 Å². The van der Waals surface area contributed by atoms with Crippen molar-refractivity contribution in [2.45, 2.75) is 104 Å².